The third-order valence-electron chi connectivity index (χ3n) is 6.30. The number of fused-ring (bicyclic) bond motifs is 2. The van der Waals surface area contributed by atoms with Gasteiger partial charge in [0.1, 0.15) is 11.2 Å². The van der Waals surface area contributed by atoms with Crippen molar-refractivity contribution < 1.29 is 9.90 Å². The van der Waals surface area contributed by atoms with Crippen molar-refractivity contribution in [3.63, 3.8) is 0 Å². The second-order valence-corrected chi connectivity index (χ2v) is 9.20. The molecule has 2 aromatic carbocycles. The molecular formula is C27H23ClN6O2. The summed E-state index contributed by atoms with van der Waals surface area (Å²) in [7, 11) is 0. The number of aromatic nitrogens is 3. The van der Waals surface area contributed by atoms with E-state index in [0.717, 1.165) is 36.2 Å². The van der Waals surface area contributed by atoms with Crippen molar-refractivity contribution in [2.24, 2.45) is 0 Å². The predicted molar refractivity (Wildman–Crippen MR) is 139 cm³/mol. The van der Waals surface area contributed by atoms with Crippen LogP contribution in [0.25, 0.3) is 11.0 Å². The maximum atomic E-state index is 11.7. The first-order valence-electron chi connectivity index (χ1n) is 11.6. The minimum absolute atomic E-state index is 0.105. The molecule has 0 fully saturated rings. The van der Waals surface area contributed by atoms with Gasteiger partial charge in [-0.15, -0.1) is 0 Å². The van der Waals surface area contributed by atoms with Crippen LogP contribution in [-0.4, -0.2) is 32.6 Å². The number of hydrogen-bond acceptors (Lipinski definition) is 7. The number of hydrogen-bond donors (Lipinski definition) is 2. The number of benzene rings is 2. The highest BCUT2D eigenvalue weighted by molar-refractivity contribution is 6.29. The van der Waals surface area contributed by atoms with Gasteiger partial charge in [0.2, 0.25) is 0 Å². The Hall–Kier alpha value is -4.22. The molecule has 1 atom stereocenters. The molecule has 180 valence electrons. The number of nitrogens with zero attached hydrogens (tertiary/aromatic N) is 5. The number of aryl methyl sites for hydroxylation is 2. The van der Waals surface area contributed by atoms with Crippen molar-refractivity contribution in [3.05, 3.63) is 81.8 Å². The Morgan fingerprint density at radius 2 is 2.00 bits per heavy atom. The lowest BCUT2D eigenvalue weighted by molar-refractivity contribution is 0.0691. The minimum Gasteiger partial charge on any atom is -0.476 e. The largest absolute Gasteiger partial charge is 0.476 e. The Morgan fingerprint density at radius 3 is 2.78 bits per heavy atom. The van der Waals surface area contributed by atoms with Crippen molar-refractivity contribution in [2.75, 3.05) is 16.8 Å². The lowest BCUT2D eigenvalue weighted by Gasteiger charge is -2.31. The third kappa shape index (κ3) is 4.30. The van der Waals surface area contributed by atoms with Gasteiger partial charge >= 0.3 is 5.97 Å². The van der Waals surface area contributed by atoms with Gasteiger partial charge in [0.15, 0.2) is 17.2 Å². The van der Waals surface area contributed by atoms with E-state index in [1.54, 1.807) is 12.1 Å². The Labute approximate surface area is 213 Å². The standard InChI is InChI=1S/C27H23ClN6O2/c1-15-12-18(16(2)30-19-9-10-23(28)32-25(19)27(35)36)24-20(13-15)31-21(14-29)26(33-24)34-11-5-7-17-6-3-4-8-22(17)34/h3-4,6,8-10,12-13,16,30H,5,7,11H2,1-2H3,(H,35,36)/t16-/m1/s1. The molecule has 4 aromatic rings. The molecule has 5 rings (SSSR count). The van der Waals surface area contributed by atoms with Gasteiger partial charge in [-0.25, -0.2) is 19.7 Å². The number of nitriles is 1. The van der Waals surface area contributed by atoms with Gasteiger partial charge in [-0.05, 0) is 62.1 Å². The maximum absolute atomic E-state index is 11.7. The number of pyridine rings is 1. The quantitative estimate of drug-likeness (QED) is 0.331. The number of carbonyl (C=O) groups is 1. The number of anilines is 3. The molecule has 36 heavy (non-hydrogen) atoms. The molecule has 1 aliphatic rings. The maximum Gasteiger partial charge on any atom is 0.356 e. The molecule has 2 N–H and O–H groups in total. The number of nitrogens with one attached hydrogen (secondary N) is 1. The van der Waals surface area contributed by atoms with E-state index in [4.69, 9.17) is 21.6 Å². The summed E-state index contributed by atoms with van der Waals surface area (Å²) >= 11 is 5.92. The summed E-state index contributed by atoms with van der Waals surface area (Å²) in [5, 5.41) is 22.9. The van der Waals surface area contributed by atoms with Crippen LogP contribution in [0.4, 0.5) is 17.2 Å². The van der Waals surface area contributed by atoms with E-state index in [9.17, 15) is 15.2 Å². The summed E-state index contributed by atoms with van der Waals surface area (Å²) in [6.45, 7) is 4.61. The molecule has 3 heterocycles. The number of carboxylic acids is 1. The number of halogens is 1. The molecule has 8 nitrogen and oxygen atoms in total. The second kappa shape index (κ2) is 9.44. The smallest absolute Gasteiger partial charge is 0.356 e. The van der Waals surface area contributed by atoms with Crippen molar-refractivity contribution in [1.82, 2.24) is 15.0 Å². The van der Waals surface area contributed by atoms with E-state index in [0.29, 0.717) is 22.5 Å². The predicted octanol–water partition coefficient (Wildman–Crippen LogP) is 5.81. The van der Waals surface area contributed by atoms with Crippen LogP contribution >= 0.6 is 11.6 Å². The highest BCUT2D eigenvalue weighted by Crippen LogP contribution is 2.36. The van der Waals surface area contributed by atoms with Gasteiger partial charge in [0.25, 0.3) is 0 Å². The zero-order valence-electron chi connectivity index (χ0n) is 19.8. The van der Waals surface area contributed by atoms with Crippen LogP contribution < -0.4 is 10.2 Å². The highest BCUT2D eigenvalue weighted by Gasteiger charge is 2.25. The normalized spacial score (nSPS) is 13.7. The molecule has 0 spiro atoms. The summed E-state index contributed by atoms with van der Waals surface area (Å²) in [6.07, 6.45) is 1.92. The van der Waals surface area contributed by atoms with E-state index >= 15 is 0 Å². The monoisotopic (exact) mass is 498 g/mol. The van der Waals surface area contributed by atoms with E-state index in [-0.39, 0.29) is 22.6 Å². The first-order valence-corrected chi connectivity index (χ1v) is 12.0. The van der Waals surface area contributed by atoms with Crippen LogP contribution in [0, 0.1) is 18.3 Å². The Balaban J connectivity index is 1.63. The van der Waals surface area contributed by atoms with Gasteiger partial charge in [-0.1, -0.05) is 35.9 Å². The number of para-hydroxylation sites is 1. The molecule has 1 aliphatic heterocycles. The Kier molecular flexibility index (Phi) is 6.17. The van der Waals surface area contributed by atoms with Gasteiger partial charge in [-0.3, -0.25) is 0 Å². The van der Waals surface area contributed by atoms with Gasteiger partial charge in [0.05, 0.1) is 22.8 Å². The van der Waals surface area contributed by atoms with E-state index in [1.807, 2.05) is 44.2 Å². The zero-order chi connectivity index (χ0) is 25.4. The first kappa shape index (κ1) is 23.5. The first-order chi connectivity index (χ1) is 17.4. The molecule has 0 bridgehead atoms. The molecule has 0 radical (unpaired) electrons. The van der Waals surface area contributed by atoms with Crippen LogP contribution in [-0.2, 0) is 6.42 Å². The summed E-state index contributed by atoms with van der Waals surface area (Å²) < 4.78 is 0. The number of rotatable bonds is 5. The van der Waals surface area contributed by atoms with E-state index in [2.05, 4.69) is 27.3 Å². The molecule has 0 saturated carbocycles. The van der Waals surface area contributed by atoms with Crippen LogP contribution in [0.15, 0.2) is 48.5 Å². The lowest BCUT2D eigenvalue weighted by atomic mass is 10.0. The molecule has 0 unspecified atom stereocenters. The molecule has 2 aromatic heterocycles. The van der Waals surface area contributed by atoms with Crippen molar-refractivity contribution in [1.29, 1.82) is 5.26 Å². The van der Waals surface area contributed by atoms with E-state index in [1.165, 1.54) is 5.56 Å². The number of carboxylic acid groups (broad SMARTS) is 1. The summed E-state index contributed by atoms with van der Waals surface area (Å²) in [5.41, 5.74) is 5.75. The van der Waals surface area contributed by atoms with Crippen LogP contribution in [0.1, 0.15) is 52.3 Å². The zero-order valence-corrected chi connectivity index (χ0v) is 20.5. The van der Waals surface area contributed by atoms with Crippen LogP contribution in [0.2, 0.25) is 5.15 Å². The average molecular weight is 499 g/mol. The fraction of sp³-hybridized carbons (Fsp3) is 0.222. The SMILES string of the molecule is Cc1cc([C@@H](C)Nc2ccc(Cl)nc2C(=O)O)c2nc(N3CCCc4ccccc43)c(C#N)nc2c1. The lowest BCUT2D eigenvalue weighted by Crippen LogP contribution is -2.26. The molecule has 9 heteroatoms. The average Bonchev–Trinajstić information content (AvgIpc) is 2.88. The van der Waals surface area contributed by atoms with Crippen molar-refractivity contribution >= 4 is 45.8 Å². The summed E-state index contributed by atoms with van der Waals surface area (Å²) in [4.78, 5) is 27.4. The van der Waals surface area contributed by atoms with E-state index < -0.39 is 5.97 Å². The fourth-order valence-corrected chi connectivity index (χ4v) is 4.84. The molecule has 0 aliphatic carbocycles. The molecular weight excluding hydrogens is 476 g/mol. The number of aromatic carboxylic acids is 1. The topological polar surface area (TPSA) is 115 Å². The van der Waals surface area contributed by atoms with Crippen molar-refractivity contribution in [3.8, 4) is 6.07 Å². The summed E-state index contributed by atoms with van der Waals surface area (Å²) in [6, 6.07) is 17.1. The van der Waals surface area contributed by atoms with Crippen LogP contribution in [0.3, 0.4) is 0 Å². The second-order valence-electron chi connectivity index (χ2n) is 8.81. The van der Waals surface area contributed by atoms with Gasteiger partial charge in [-0.2, -0.15) is 5.26 Å². The Bertz CT molecular complexity index is 1550. The van der Waals surface area contributed by atoms with Gasteiger partial charge in [0, 0.05) is 17.8 Å². The highest BCUT2D eigenvalue weighted by atomic mass is 35.5. The third-order valence-corrected chi connectivity index (χ3v) is 6.51. The fourth-order valence-electron chi connectivity index (χ4n) is 4.70. The summed E-state index contributed by atoms with van der Waals surface area (Å²) in [5.74, 6) is -0.653. The van der Waals surface area contributed by atoms with Crippen molar-refractivity contribution in [2.45, 2.75) is 32.7 Å². The minimum atomic E-state index is -1.18. The van der Waals surface area contributed by atoms with Crippen LogP contribution in [0.5, 0.6) is 0 Å². The van der Waals surface area contributed by atoms with Gasteiger partial charge < -0.3 is 15.3 Å². The Morgan fingerprint density at radius 1 is 1.19 bits per heavy atom. The molecule has 0 saturated heterocycles. The molecule has 0 amide bonds.